The van der Waals surface area contributed by atoms with Crippen LogP contribution in [0.1, 0.15) is 44.6 Å². The predicted molar refractivity (Wildman–Crippen MR) is 315 cm³/mol. The number of nitrogens with zero attached hydrogens (tertiary/aromatic N) is 3. The second kappa shape index (κ2) is 25.5. The fourth-order valence-electron chi connectivity index (χ4n) is 9.81. The summed E-state index contributed by atoms with van der Waals surface area (Å²) in [5, 5.41) is 15.7. The summed E-state index contributed by atoms with van der Waals surface area (Å²) in [6.45, 7) is 3.60. The Bertz CT molecular complexity index is 3370. The zero-order valence-corrected chi connectivity index (χ0v) is 45.7. The fraction of sp³-hybridized carbons (Fsp3) is 0.138. The maximum atomic E-state index is 15.4. The van der Waals surface area contributed by atoms with Crippen LogP contribution in [0.3, 0.4) is 0 Å². The Hall–Kier alpha value is -9.51. The van der Waals surface area contributed by atoms with E-state index in [0.717, 1.165) is 33.4 Å². The first-order valence-electron chi connectivity index (χ1n) is 26.0. The fourth-order valence-corrected chi connectivity index (χ4v) is 11.9. The van der Waals surface area contributed by atoms with Crippen LogP contribution < -0.4 is 20.7 Å². The third-order valence-electron chi connectivity index (χ3n) is 13.7. The molecule has 0 radical (unpaired) electrons. The maximum Gasteiger partial charge on any atom is 0.407 e. The highest BCUT2D eigenvalue weighted by Gasteiger charge is 2.55. The molecule has 10 rings (SSSR count). The number of esters is 1. The Morgan fingerprint density at radius 2 is 1.23 bits per heavy atom. The van der Waals surface area contributed by atoms with E-state index in [9.17, 15) is 14.4 Å². The summed E-state index contributed by atoms with van der Waals surface area (Å²) in [5.41, 5.74) is 3.80. The van der Waals surface area contributed by atoms with E-state index in [0.29, 0.717) is 22.0 Å². The molecule has 1 fully saturated rings. The van der Waals surface area contributed by atoms with Crippen LogP contribution in [0.25, 0.3) is 0 Å². The molecule has 3 N–H and O–H groups in total. The van der Waals surface area contributed by atoms with Gasteiger partial charge < -0.3 is 35.0 Å². The van der Waals surface area contributed by atoms with E-state index >= 15 is 4.79 Å². The first-order chi connectivity index (χ1) is 39.7. The van der Waals surface area contributed by atoms with Gasteiger partial charge in [0.25, 0.3) is 11.8 Å². The summed E-state index contributed by atoms with van der Waals surface area (Å²) in [7, 11) is 1.56. The smallest absolute Gasteiger partial charge is 0.407 e. The molecule has 16 heteroatoms. The number of carbonyl (C=O) groups is 4. The summed E-state index contributed by atoms with van der Waals surface area (Å²) in [6, 6.07) is 65.2. The Kier molecular flexibility index (Phi) is 17.3. The molecule has 7 aromatic carbocycles. The molecule has 2 aliphatic rings. The highest BCUT2D eigenvalue weighted by molar-refractivity contribution is 8.00. The maximum absolute atomic E-state index is 15.4. The molecule has 0 saturated carbocycles. The molecule has 0 aliphatic carbocycles. The number of oxime groups is 1. The number of anilines is 1. The van der Waals surface area contributed by atoms with Gasteiger partial charge in [-0.1, -0.05) is 211 Å². The molecule has 1 aromatic heterocycles. The van der Waals surface area contributed by atoms with Crippen molar-refractivity contribution < 1.29 is 38.2 Å². The molecule has 81 heavy (non-hydrogen) atoms. The molecule has 406 valence electrons. The Morgan fingerprint density at radius 1 is 0.716 bits per heavy atom. The van der Waals surface area contributed by atoms with Crippen molar-refractivity contribution in [1.29, 1.82) is 0 Å². The zero-order valence-electron chi connectivity index (χ0n) is 44.1. The third-order valence-corrected chi connectivity index (χ3v) is 15.8. The molecule has 14 nitrogen and oxygen atoms in total. The lowest BCUT2D eigenvalue weighted by atomic mass is 9.77. The molecule has 1 saturated heterocycles. The highest BCUT2D eigenvalue weighted by atomic mass is 32.2. The Labute approximate surface area is 477 Å². The van der Waals surface area contributed by atoms with Crippen molar-refractivity contribution in [3.05, 3.63) is 292 Å². The van der Waals surface area contributed by atoms with Crippen LogP contribution in [0.2, 0.25) is 0 Å². The Balaban J connectivity index is 1.03. The first kappa shape index (κ1) is 54.8. The summed E-state index contributed by atoms with van der Waals surface area (Å²) in [4.78, 5) is 70.0. The second-order valence-electron chi connectivity index (χ2n) is 18.7. The average molecular weight is 1110 g/mol. The SMILES string of the molecule is C=CCNC(=O)OC/C=C\C1=C(C(=O)OCc2ccc(OC)cc2)N2C(=O)[C@@H](NC(=O)/C(=N\OC(c3ccccc3)(c3ccccc3)c3ccccc3)c3csc(NC(c4ccccc4)(c4ccccc4)c4ccccc4)n3)[C@H]2SC1. The topological polar surface area (TPSA) is 170 Å². The lowest BCUT2D eigenvalue weighted by molar-refractivity contribution is -0.153. The number of thioether (sulfide) groups is 1. The van der Waals surface area contributed by atoms with E-state index in [1.807, 2.05) is 146 Å². The number of amides is 3. The van der Waals surface area contributed by atoms with Crippen LogP contribution in [-0.4, -0.2) is 76.9 Å². The minimum atomic E-state index is -1.39. The van der Waals surface area contributed by atoms with Gasteiger partial charge in [-0.25, -0.2) is 14.6 Å². The van der Waals surface area contributed by atoms with E-state index in [4.69, 9.17) is 29.2 Å². The molecule has 8 aromatic rings. The van der Waals surface area contributed by atoms with E-state index in [1.54, 1.807) is 48.9 Å². The van der Waals surface area contributed by atoms with E-state index < -0.39 is 46.4 Å². The number of hydrogen-bond acceptors (Lipinski definition) is 13. The molecule has 3 heterocycles. The number of nitrogens with one attached hydrogen (secondary N) is 3. The monoisotopic (exact) mass is 1110 g/mol. The molecular weight excluding hydrogens is 1060 g/mol. The predicted octanol–water partition coefficient (Wildman–Crippen LogP) is 11.1. The van der Waals surface area contributed by atoms with Crippen LogP contribution in [0, 0.1) is 0 Å². The van der Waals surface area contributed by atoms with Crippen molar-refractivity contribution in [2.75, 3.05) is 31.3 Å². The second-order valence-corrected chi connectivity index (χ2v) is 20.6. The van der Waals surface area contributed by atoms with Crippen molar-refractivity contribution in [3.63, 3.8) is 0 Å². The lowest BCUT2D eigenvalue weighted by Gasteiger charge is -2.49. The number of thiazole rings is 1. The minimum Gasteiger partial charge on any atom is -0.497 e. The number of aromatic nitrogens is 1. The summed E-state index contributed by atoms with van der Waals surface area (Å²) in [5.74, 6) is -1.20. The van der Waals surface area contributed by atoms with Crippen molar-refractivity contribution in [2.24, 2.45) is 5.16 Å². The molecule has 0 bridgehead atoms. The van der Waals surface area contributed by atoms with Crippen LogP contribution in [-0.2, 0) is 46.4 Å². The van der Waals surface area contributed by atoms with Gasteiger partial charge >= 0.3 is 12.1 Å². The van der Waals surface area contributed by atoms with Crippen LogP contribution in [0.5, 0.6) is 5.75 Å². The van der Waals surface area contributed by atoms with Gasteiger partial charge in [0.15, 0.2) is 10.8 Å². The zero-order chi connectivity index (χ0) is 56.0. The van der Waals surface area contributed by atoms with Crippen molar-refractivity contribution >= 4 is 57.8 Å². The van der Waals surface area contributed by atoms with Gasteiger partial charge in [0.05, 0.1) is 7.11 Å². The van der Waals surface area contributed by atoms with Gasteiger partial charge in [-0.2, -0.15) is 0 Å². The van der Waals surface area contributed by atoms with Crippen LogP contribution in [0.4, 0.5) is 9.93 Å². The number of benzene rings is 7. The largest absolute Gasteiger partial charge is 0.497 e. The first-order valence-corrected chi connectivity index (χ1v) is 28.0. The summed E-state index contributed by atoms with van der Waals surface area (Å²) >= 11 is 2.63. The molecule has 0 unspecified atom stereocenters. The van der Waals surface area contributed by atoms with Crippen LogP contribution in [0.15, 0.2) is 253 Å². The summed E-state index contributed by atoms with van der Waals surface area (Å²) in [6.07, 6.45) is 4.09. The number of carbonyl (C=O) groups excluding carboxylic acids is 4. The lowest BCUT2D eigenvalue weighted by Crippen LogP contribution is -2.71. The third kappa shape index (κ3) is 11.8. The van der Waals surface area contributed by atoms with Gasteiger partial charge in [-0.05, 0) is 46.0 Å². The van der Waals surface area contributed by atoms with Gasteiger partial charge in [-0.15, -0.1) is 29.7 Å². The highest BCUT2D eigenvalue weighted by Crippen LogP contribution is 2.44. The molecule has 0 spiro atoms. The van der Waals surface area contributed by atoms with Crippen molar-refractivity contribution in [2.45, 2.75) is 29.2 Å². The van der Waals surface area contributed by atoms with Gasteiger partial charge in [0, 0.05) is 34.4 Å². The van der Waals surface area contributed by atoms with E-state index in [1.165, 1.54) is 34.1 Å². The minimum absolute atomic E-state index is 0.000315. The number of alkyl carbamates (subject to hydrolysis) is 1. The molecule has 3 amide bonds. The van der Waals surface area contributed by atoms with Crippen molar-refractivity contribution in [3.8, 4) is 5.75 Å². The number of ether oxygens (including phenoxy) is 3. The molecule has 2 aliphatic heterocycles. The van der Waals surface area contributed by atoms with E-state index in [-0.39, 0.29) is 42.6 Å². The Morgan fingerprint density at radius 3 is 1.74 bits per heavy atom. The van der Waals surface area contributed by atoms with Crippen LogP contribution >= 0.6 is 23.1 Å². The number of hydrogen-bond donors (Lipinski definition) is 3. The van der Waals surface area contributed by atoms with Crippen molar-refractivity contribution in [1.82, 2.24) is 20.5 Å². The number of allylic oxidation sites excluding steroid dienone is 1. The standard InChI is InChI=1S/C65H56N6O8S2/c1-3-40-66-63(75)77-41-22-23-46-43-80-60-56(59(73)71(60)57(46)61(74)78-42-45-36-38-53(76-2)39-37-45)68-58(72)55(70-79-65(50-30-16-7-17-31-50,51-32-18-8-19-33-51)52-34-20-9-21-35-52)54-44-81-62(67-54)69-64(47-24-10-4-11-25-47,48-26-12-5-13-27-48)49-28-14-6-15-29-49/h3-39,44,56,60H,1,40-43H2,2H3,(H,66,75)(H,67,69)(H,68,72)/b23-22-,70-55-/t56-,60-/m1/s1. The normalized spacial score (nSPS) is 15.2. The quantitative estimate of drug-likeness (QED) is 0.0147. The number of fused-ring (bicyclic) bond motifs is 1. The number of β-lactam (4-membered cyclic amide) rings is 1. The number of methoxy groups -OCH3 is 1. The molecular formula is C65H56N6O8S2. The average Bonchev–Trinajstić information content (AvgIpc) is 4.13. The number of rotatable bonds is 22. The summed E-state index contributed by atoms with van der Waals surface area (Å²) < 4.78 is 16.4. The van der Waals surface area contributed by atoms with Gasteiger partial charge in [-0.3, -0.25) is 14.5 Å². The van der Waals surface area contributed by atoms with E-state index in [2.05, 4.69) is 58.9 Å². The van der Waals surface area contributed by atoms with Gasteiger partial charge in [0.1, 0.15) is 47.3 Å². The van der Waals surface area contributed by atoms with Gasteiger partial charge in [0.2, 0.25) is 5.60 Å². The molecule has 2 atom stereocenters.